The fourth-order valence-electron chi connectivity index (χ4n) is 3.77. The highest BCUT2D eigenvalue weighted by atomic mass is 16.5. The maximum atomic E-state index is 5.24. The van der Waals surface area contributed by atoms with Gasteiger partial charge in [-0.3, -0.25) is 0 Å². The second kappa shape index (κ2) is 6.42. The van der Waals surface area contributed by atoms with Gasteiger partial charge in [0.15, 0.2) is 0 Å². The van der Waals surface area contributed by atoms with Crippen molar-refractivity contribution in [3.63, 3.8) is 0 Å². The van der Waals surface area contributed by atoms with E-state index in [9.17, 15) is 0 Å². The number of nitrogens with one attached hydrogen (secondary N) is 1. The van der Waals surface area contributed by atoms with Crippen molar-refractivity contribution in [1.82, 2.24) is 5.32 Å². The summed E-state index contributed by atoms with van der Waals surface area (Å²) in [6.45, 7) is 4.78. The molecular formula is C17H27NO. The van der Waals surface area contributed by atoms with Crippen LogP contribution in [0, 0.1) is 17.8 Å². The van der Waals surface area contributed by atoms with E-state index in [0.717, 1.165) is 23.5 Å². The molecule has 1 N–H and O–H groups in total. The Hall–Kier alpha value is -1.02. The summed E-state index contributed by atoms with van der Waals surface area (Å²) >= 11 is 0. The van der Waals surface area contributed by atoms with Crippen LogP contribution in [0.4, 0.5) is 0 Å². The smallest absolute Gasteiger partial charge is 0.118 e. The van der Waals surface area contributed by atoms with Crippen LogP contribution in [0.25, 0.3) is 0 Å². The van der Waals surface area contributed by atoms with Crippen LogP contribution in [0.1, 0.15) is 44.7 Å². The molecular weight excluding hydrogens is 234 g/mol. The molecule has 2 nitrogen and oxygen atoms in total. The van der Waals surface area contributed by atoms with Crippen LogP contribution in [0.2, 0.25) is 0 Å². The Morgan fingerprint density at radius 2 is 1.63 bits per heavy atom. The van der Waals surface area contributed by atoms with Crippen molar-refractivity contribution in [2.75, 3.05) is 14.2 Å². The van der Waals surface area contributed by atoms with Gasteiger partial charge in [-0.1, -0.05) is 26.0 Å². The number of hydrogen-bond donors (Lipinski definition) is 1. The number of methoxy groups -OCH3 is 1. The van der Waals surface area contributed by atoms with Crippen molar-refractivity contribution in [3.05, 3.63) is 29.8 Å². The Morgan fingerprint density at radius 1 is 1.05 bits per heavy atom. The molecule has 1 fully saturated rings. The highest BCUT2D eigenvalue weighted by Gasteiger charge is 2.30. The lowest BCUT2D eigenvalue weighted by atomic mass is 9.72. The molecule has 0 aromatic heterocycles. The summed E-state index contributed by atoms with van der Waals surface area (Å²) in [5, 5.41) is 3.53. The zero-order chi connectivity index (χ0) is 13.8. The molecule has 1 aliphatic rings. The first-order valence-electron chi connectivity index (χ1n) is 7.45. The Kier molecular flexibility index (Phi) is 4.87. The molecule has 0 bridgehead atoms. The molecule has 19 heavy (non-hydrogen) atoms. The third kappa shape index (κ3) is 3.50. The summed E-state index contributed by atoms with van der Waals surface area (Å²) in [4.78, 5) is 0. The van der Waals surface area contributed by atoms with Crippen molar-refractivity contribution < 1.29 is 4.74 Å². The molecule has 2 rings (SSSR count). The van der Waals surface area contributed by atoms with E-state index >= 15 is 0 Å². The lowest BCUT2D eigenvalue weighted by Crippen LogP contribution is -2.31. The van der Waals surface area contributed by atoms with Crippen LogP contribution in [0.3, 0.4) is 0 Å². The highest BCUT2D eigenvalue weighted by Crippen LogP contribution is 2.39. The van der Waals surface area contributed by atoms with Crippen LogP contribution in [0.5, 0.6) is 5.75 Å². The second-order valence-electron chi connectivity index (χ2n) is 6.22. The topological polar surface area (TPSA) is 21.3 Å². The minimum atomic E-state index is 0.469. The molecule has 1 aliphatic carbocycles. The van der Waals surface area contributed by atoms with Gasteiger partial charge in [0.25, 0.3) is 0 Å². The average Bonchev–Trinajstić information content (AvgIpc) is 2.39. The molecule has 2 heteroatoms. The van der Waals surface area contributed by atoms with Gasteiger partial charge >= 0.3 is 0 Å². The summed E-state index contributed by atoms with van der Waals surface area (Å²) < 4.78 is 5.24. The number of ether oxygens (including phenoxy) is 1. The number of rotatable bonds is 4. The summed E-state index contributed by atoms with van der Waals surface area (Å²) in [7, 11) is 3.80. The van der Waals surface area contributed by atoms with E-state index in [1.807, 2.05) is 0 Å². The fourth-order valence-corrected chi connectivity index (χ4v) is 3.77. The quantitative estimate of drug-likeness (QED) is 0.883. The van der Waals surface area contributed by atoms with Crippen LogP contribution < -0.4 is 10.1 Å². The third-order valence-electron chi connectivity index (χ3n) is 4.47. The molecule has 1 aromatic rings. The zero-order valence-electron chi connectivity index (χ0n) is 12.6. The molecule has 3 unspecified atom stereocenters. The van der Waals surface area contributed by atoms with Crippen LogP contribution in [-0.2, 0) is 0 Å². The van der Waals surface area contributed by atoms with Gasteiger partial charge in [0.1, 0.15) is 5.75 Å². The molecule has 0 heterocycles. The average molecular weight is 261 g/mol. The van der Waals surface area contributed by atoms with E-state index < -0.39 is 0 Å². The first-order chi connectivity index (χ1) is 9.13. The SMILES string of the molecule is CNC(c1ccc(OC)cc1)C1CC(C)CC(C)C1. The van der Waals surface area contributed by atoms with Crippen molar-refractivity contribution in [1.29, 1.82) is 0 Å². The van der Waals surface area contributed by atoms with Crippen LogP contribution in [0.15, 0.2) is 24.3 Å². The lowest BCUT2D eigenvalue weighted by molar-refractivity contribution is 0.180. The summed E-state index contributed by atoms with van der Waals surface area (Å²) in [5.41, 5.74) is 1.38. The third-order valence-corrected chi connectivity index (χ3v) is 4.47. The van der Waals surface area contributed by atoms with Crippen molar-refractivity contribution in [2.24, 2.45) is 17.8 Å². The van der Waals surface area contributed by atoms with Gasteiger partial charge in [0, 0.05) is 6.04 Å². The molecule has 1 saturated carbocycles. The van der Waals surface area contributed by atoms with Gasteiger partial charge in [0.05, 0.1) is 7.11 Å². The molecule has 0 saturated heterocycles. The van der Waals surface area contributed by atoms with E-state index in [0.29, 0.717) is 6.04 Å². The van der Waals surface area contributed by atoms with Gasteiger partial charge in [0.2, 0.25) is 0 Å². The van der Waals surface area contributed by atoms with Crippen molar-refractivity contribution in [2.45, 2.75) is 39.2 Å². The zero-order valence-corrected chi connectivity index (χ0v) is 12.6. The largest absolute Gasteiger partial charge is 0.497 e. The molecule has 0 aliphatic heterocycles. The number of benzene rings is 1. The maximum absolute atomic E-state index is 5.24. The Morgan fingerprint density at radius 3 is 2.11 bits per heavy atom. The predicted octanol–water partition coefficient (Wildman–Crippen LogP) is 4.03. The van der Waals surface area contributed by atoms with Crippen LogP contribution >= 0.6 is 0 Å². The summed E-state index contributed by atoms with van der Waals surface area (Å²) in [5.74, 6) is 3.38. The van der Waals surface area contributed by atoms with Gasteiger partial charge < -0.3 is 10.1 Å². The molecule has 3 atom stereocenters. The second-order valence-corrected chi connectivity index (χ2v) is 6.22. The first-order valence-corrected chi connectivity index (χ1v) is 7.45. The fraction of sp³-hybridized carbons (Fsp3) is 0.647. The molecule has 0 spiro atoms. The Labute approximate surface area is 117 Å². The van der Waals surface area contributed by atoms with Gasteiger partial charge in [-0.2, -0.15) is 0 Å². The standard InChI is InChI=1S/C17H27NO/c1-12-9-13(2)11-15(10-12)17(18-3)14-5-7-16(19-4)8-6-14/h5-8,12-13,15,17-18H,9-11H2,1-4H3. The van der Waals surface area contributed by atoms with E-state index in [-0.39, 0.29) is 0 Å². The van der Waals surface area contributed by atoms with Gasteiger partial charge in [-0.15, -0.1) is 0 Å². The maximum Gasteiger partial charge on any atom is 0.118 e. The normalized spacial score (nSPS) is 28.9. The molecule has 106 valence electrons. The Bertz CT molecular complexity index is 377. The van der Waals surface area contributed by atoms with Crippen molar-refractivity contribution >= 4 is 0 Å². The summed E-state index contributed by atoms with van der Waals surface area (Å²) in [6, 6.07) is 8.99. The monoisotopic (exact) mass is 261 g/mol. The number of hydrogen-bond acceptors (Lipinski definition) is 2. The minimum absolute atomic E-state index is 0.469. The molecule has 0 amide bonds. The van der Waals surface area contributed by atoms with Gasteiger partial charge in [-0.25, -0.2) is 0 Å². The predicted molar refractivity (Wildman–Crippen MR) is 80.5 cm³/mol. The molecule has 1 aromatic carbocycles. The first kappa shape index (κ1) is 14.4. The Balaban J connectivity index is 2.13. The lowest BCUT2D eigenvalue weighted by Gasteiger charge is -2.36. The van der Waals surface area contributed by atoms with E-state index in [1.54, 1.807) is 7.11 Å². The highest BCUT2D eigenvalue weighted by molar-refractivity contribution is 5.29. The van der Waals surface area contributed by atoms with E-state index in [4.69, 9.17) is 4.74 Å². The van der Waals surface area contributed by atoms with Crippen molar-refractivity contribution in [3.8, 4) is 5.75 Å². The van der Waals surface area contributed by atoms with E-state index in [1.165, 1.54) is 24.8 Å². The van der Waals surface area contributed by atoms with E-state index in [2.05, 4.69) is 50.5 Å². The van der Waals surface area contributed by atoms with Crippen LogP contribution in [-0.4, -0.2) is 14.2 Å². The summed E-state index contributed by atoms with van der Waals surface area (Å²) in [6.07, 6.45) is 4.05. The molecule has 0 radical (unpaired) electrons. The minimum Gasteiger partial charge on any atom is -0.497 e. The van der Waals surface area contributed by atoms with Gasteiger partial charge in [-0.05, 0) is 61.8 Å².